The summed E-state index contributed by atoms with van der Waals surface area (Å²) < 4.78 is 0. The number of rotatable bonds is 4. The SMILES string of the molecule is CC1CCCCN1C(=O)c1ccc(NC(=O)NC2CCC(C(=O)O)CC2)cc1. The number of benzene rings is 1. The Morgan fingerprint density at radius 1 is 1.00 bits per heavy atom. The second kappa shape index (κ2) is 9.08. The molecular formula is C21H29N3O4. The highest BCUT2D eigenvalue weighted by Crippen LogP contribution is 2.24. The zero-order valence-electron chi connectivity index (χ0n) is 16.3. The molecule has 1 heterocycles. The van der Waals surface area contributed by atoms with Gasteiger partial charge in [0.05, 0.1) is 5.92 Å². The molecule has 7 heteroatoms. The highest BCUT2D eigenvalue weighted by molar-refractivity contribution is 5.95. The first-order valence-corrected chi connectivity index (χ1v) is 10.2. The van der Waals surface area contributed by atoms with E-state index in [-0.39, 0.29) is 29.9 Å². The van der Waals surface area contributed by atoms with Crippen molar-refractivity contribution in [3.05, 3.63) is 29.8 Å². The number of hydrogen-bond acceptors (Lipinski definition) is 3. The molecule has 3 N–H and O–H groups in total. The van der Waals surface area contributed by atoms with Gasteiger partial charge in [0, 0.05) is 29.9 Å². The van der Waals surface area contributed by atoms with Gasteiger partial charge in [-0.05, 0) is 76.1 Å². The first kappa shape index (κ1) is 20.2. The van der Waals surface area contributed by atoms with Crippen LogP contribution in [0, 0.1) is 5.92 Å². The fourth-order valence-electron chi connectivity index (χ4n) is 4.10. The average Bonchev–Trinajstić information content (AvgIpc) is 2.69. The van der Waals surface area contributed by atoms with E-state index in [0.717, 1.165) is 19.4 Å². The van der Waals surface area contributed by atoms with Crippen LogP contribution in [-0.2, 0) is 4.79 Å². The Morgan fingerprint density at radius 2 is 1.68 bits per heavy atom. The van der Waals surface area contributed by atoms with E-state index in [2.05, 4.69) is 17.6 Å². The van der Waals surface area contributed by atoms with Crippen LogP contribution in [0.2, 0.25) is 0 Å². The van der Waals surface area contributed by atoms with Gasteiger partial charge in [-0.1, -0.05) is 0 Å². The summed E-state index contributed by atoms with van der Waals surface area (Å²) in [5.74, 6) is -1.01. The Balaban J connectivity index is 1.49. The number of piperidine rings is 1. The molecule has 28 heavy (non-hydrogen) atoms. The van der Waals surface area contributed by atoms with Crippen LogP contribution in [0.1, 0.15) is 62.2 Å². The maximum atomic E-state index is 12.7. The first-order chi connectivity index (χ1) is 13.4. The van der Waals surface area contributed by atoms with E-state index < -0.39 is 5.97 Å². The monoisotopic (exact) mass is 387 g/mol. The number of carbonyl (C=O) groups excluding carboxylic acids is 2. The summed E-state index contributed by atoms with van der Waals surface area (Å²) in [6.07, 6.45) is 5.78. The van der Waals surface area contributed by atoms with Crippen molar-refractivity contribution in [1.82, 2.24) is 10.2 Å². The molecule has 1 aromatic carbocycles. The maximum Gasteiger partial charge on any atom is 0.319 e. The van der Waals surface area contributed by atoms with Crippen LogP contribution in [0.25, 0.3) is 0 Å². The molecular weight excluding hydrogens is 358 g/mol. The van der Waals surface area contributed by atoms with E-state index in [1.54, 1.807) is 24.3 Å². The lowest BCUT2D eigenvalue weighted by Crippen LogP contribution is -2.42. The highest BCUT2D eigenvalue weighted by Gasteiger charge is 2.27. The van der Waals surface area contributed by atoms with Crippen molar-refractivity contribution in [3.63, 3.8) is 0 Å². The Labute approximate surface area is 165 Å². The van der Waals surface area contributed by atoms with E-state index in [0.29, 0.717) is 36.9 Å². The molecule has 1 unspecified atom stereocenters. The maximum absolute atomic E-state index is 12.7. The van der Waals surface area contributed by atoms with Crippen LogP contribution in [-0.4, -0.2) is 46.5 Å². The number of urea groups is 1. The van der Waals surface area contributed by atoms with Gasteiger partial charge in [-0.3, -0.25) is 9.59 Å². The average molecular weight is 387 g/mol. The largest absolute Gasteiger partial charge is 0.481 e. The lowest BCUT2D eigenvalue weighted by molar-refractivity contribution is -0.142. The number of carboxylic acids is 1. The van der Waals surface area contributed by atoms with Gasteiger partial charge in [-0.15, -0.1) is 0 Å². The molecule has 3 rings (SSSR count). The van der Waals surface area contributed by atoms with Crippen molar-refractivity contribution in [2.75, 3.05) is 11.9 Å². The number of likely N-dealkylation sites (tertiary alicyclic amines) is 1. The minimum Gasteiger partial charge on any atom is -0.481 e. The Kier molecular flexibility index (Phi) is 6.54. The summed E-state index contributed by atoms with van der Waals surface area (Å²) in [4.78, 5) is 37.8. The molecule has 1 saturated heterocycles. The number of amides is 3. The van der Waals surface area contributed by atoms with E-state index in [1.165, 1.54) is 6.42 Å². The highest BCUT2D eigenvalue weighted by atomic mass is 16.4. The summed E-state index contributed by atoms with van der Waals surface area (Å²) in [5, 5.41) is 14.7. The van der Waals surface area contributed by atoms with Crippen molar-refractivity contribution >= 4 is 23.6 Å². The zero-order valence-corrected chi connectivity index (χ0v) is 16.3. The lowest BCUT2D eigenvalue weighted by atomic mass is 9.86. The molecule has 0 spiro atoms. The summed E-state index contributed by atoms with van der Waals surface area (Å²) in [6.45, 7) is 2.88. The minimum absolute atomic E-state index is 0.00274. The van der Waals surface area contributed by atoms with E-state index in [9.17, 15) is 14.4 Å². The third-order valence-electron chi connectivity index (χ3n) is 5.87. The fourth-order valence-corrected chi connectivity index (χ4v) is 4.10. The van der Waals surface area contributed by atoms with Crippen LogP contribution in [0.3, 0.4) is 0 Å². The molecule has 1 aliphatic carbocycles. The molecule has 2 aliphatic rings. The number of nitrogens with one attached hydrogen (secondary N) is 2. The Morgan fingerprint density at radius 3 is 2.29 bits per heavy atom. The minimum atomic E-state index is -0.753. The van der Waals surface area contributed by atoms with Crippen LogP contribution in [0.15, 0.2) is 24.3 Å². The van der Waals surface area contributed by atoms with Crippen molar-refractivity contribution < 1.29 is 19.5 Å². The van der Waals surface area contributed by atoms with Crippen molar-refractivity contribution in [2.45, 2.75) is 64.0 Å². The smallest absolute Gasteiger partial charge is 0.319 e. The predicted octanol–water partition coefficient (Wildman–Crippen LogP) is 3.47. The topological polar surface area (TPSA) is 98.7 Å². The van der Waals surface area contributed by atoms with Crippen LogP contribution < -0.4 is 10.6 Å². The number of anilines is 1. The molecule has 0 radical (unpaired) electrons. The molecule has 1 aliphatic heterocycles. The lowest BCUT2D eigenvalue weighted by Gasteiger charge is -2.33. The van der Waals surface area contributed by atoms with Crippen LogP contribution in [0.4, 0.5) is 10.5 Å². The molecule has 1 saturated carbocycles. The second-order valence-corrected chi connectivity index (χ2v) is 7.91. The molecule has 152 valence electrons. The summed E-state index contributed by atoms with van der Waals surface area (Å²) >= 11 is 0. The molecule has 2 fully saturated rings. The van der Waals surface area contributed by atoms with Gasteiger partial charge in [0.1, 0.15) is 0 Å². The van der Waals surface area contributed by atoms with Crippen molar-refractivity contribution in [1.29, 1.82) is 0 Å². The molecule has 0 aromatic heterocycles. The summed E-state index contributed by atoms with van der Waals surface area (Å²) in [5.41, 5.74) is 1.26. The van der Waals surface area contributed by atoms with Crippen LogP contribution in [0.5, 0.6) is 0 Å². The van der Waals surface area contributed by atoms with Gasteiger partial charge in [-0.25, -0.2) is 4.79 Å². The standard InChI is InChI=1S/C21H29N3O4/c1-14-4-2-3-13-24(14)19(25)15-5-9-17(10-6-15)22-21(28)23-18-11-7-16(8-12-18)20(26)27/h5-6,9-10,14,16,18H,2-4,7-8,11-13H2,1H3,(H,26,27)(H2,22,23,28). The zero-order chi connectivity index (χ0) is 20.1. The Hall–Kier alpha value is -2.57. The predicted molar refractivity (Wildman–Crippen MR) is 106 cm³/mol. The quantitative estimate of drug-likeness (QED) is 0.737. The van der Waals surface area contributed by atoms with Gasteiger partial charge >= 0.3 is 12.0 Å². The number of carbonyl (C=O) groups is 3. The van der Waals surface area contributed by atoms with E-state index in [1.807, 2.05) is 4.90 Å². The van der Waals surface area contributed by atoms with Gasteiger partial charge < -0.3 is 20.6 Å². The molecule has 3 amide bonds. The molecule has 7 nitrogen and oxygen atoms in total. The number of nitrogens with zero attached hydrogens (tertiary/aromatic N) is 1. The van der Waals surface area contributed by atoms with Crippen LogP contribution >= 0.6 is 0 Å². The second-order valence-electron chi connectivity index (χ2n) is 7.91. The number of carboxylic acid groups (broad SMARTS) is 1. The van der Waals surface area contributed by atoms with Crippen molar-refractivity contribution in [2.24, 2.45) is 5.92 Å². The van der Waals surface area contributed by atoms with Gasteiger partial charge in [0.2, 0.25) is 0 Å². The molecule has 0 bridgehead atoms. The third-order valence-corrected chi connectivity index (χ3v) is 5.87. The first-order valence-electron chi connectivity index (χ1n) is 10.2. The number of hydrogen-bond donors (Lipinski definition) is 3. The van der Waals surface area contributed by atoms with E-state index >= 15 is 0 Å². The normalized spacial score (nSPS) is 25.0. The van der Waals surface area contributed by atoms with Gasteiger partial charge in [-0.2, -0.15) is 0 Å². The summed E-state index contributed by atoms with van der Waals surface area (Å²) in [7, 11) is 0. The van der Waals surface area contributed by atoms with E-state index in [4.69, 9.17) is 5.11 Å². The molecule has 1 atom stereocenters. The van der Waals surface area contributed by atoms with Gasteiger partial charge in [0.15, 0.2) is 0 Å². The molecule has 1 aromatic rings. The van der Waals surface area contributed by atoms with Crippen molar-refractivity contribution in [3.8, 4) is 0 Å². The Bertz CT molecular complexity index is 711. The number of aliphatic carboxylic acids is 1. The fraction of sp³-hybridized carbons (Fsp3) is 0.571. The third kappa shape index (κ3) is 5.03. The summed E-state index contributed by atoms with van der Waals surface area (Å²) in [6, 6.07) is 6.93. The van der Waals surface area contributed by atoms with Gasteiger partial charge in [0.25, 0.3) is 5.91 Å².